The van der Waals surface area contributed by atoms with Gasteiger partial charge in [0.25, 0.3) is 4.92 Å². The van der Waals surface area contributed by atoms with Crippen LogP contribution in [-0.4, -0.2) is 27.4 Å². The molecule has 6 nitrogen and oxygen atoms in total. The molecule has 0 aliphatic rings. The van der Waals surface area contributed by atoms with Gasteiger partial charge in [-0.05, 0) is 6.92 Å². The number of hydrogen-bond donors (Lipinski definition) is 3. The van der Waals surface area contributed by atoms with Gasteiger partial charge in [0, 0.05) is 5.56 Å². The number of rotatable bonds is 2. The van der Waals surface area contributed by atoms with Crippen molar-refractivity contribution in [3.05, 3.63) is 16.5 Å². The Bertz CT molecular complexity index is 388. The molecule has 0 atom stereocenters. The highest BCUT2D eigenvalue weighted by Gasteiger charge is 2.26. The first kappa shape index (κ1) is 10.1. The summed E-state index contributed by atoms with van der Waals surface area (Å²) in [5.41, 5.74) is -0.252. The van der Waals surface area contributed by atoms with E-state index in [1.807, 2.05) is 0 Å². The van der Waals surface area contributed by atoms with Crippen LogP contribution >= 0.6 is 0 Å². The first-order chi connectivity index (χ1) is 6.49. The number of benzene rings is 1. The molecule has 0 heterocycles. The maximum atomic E-state index is 11.0. The van der Waals surface area contributed by atoms with Crippen LogP contribution < -0.4 is 0 Å². The average molecular weight is 200 g/mol. The zero-order chi connectivity index (χ0) is 10.9. The zero-order valence-electron chi connectivity index (χ0n) is 7.68. The fraction of sp³-hybridized carbons (Fsp3) is 0.250. The highest BCUT2D eigenvalue weighted by molar-refractivity contribution is 5.61. The molecule has 6 heteroatoms. The van der Waals surface area contributed by atoms with Crippen LogP contribution in [0.4, 0.5) is 5.69 Å². The van der Waals surface area contributed by atoms with Crippen molar-refractivity contribution < 1.29 is 25.1 Å². The van der Waals surface area contributed by atoms with E-state index in [2.05, 4.69) is 4.84 Å². The van der Waals surface area contributed by atoms with E-state index in [0.29, 0.717) is 0 Å². The van der Waals surface area contributed by atoms with Gasteiger partial charge in [0.1, 0.15) is 0 Å². The lowest BCUT2D eigenvalue weighted by Crippen LogP contribution is -1.99. The van der Waals surface area contributed by atoms with E-state index in [4.69, 9.17) is 5.11 Å². The summed E-state index contributed by atoms with van der Waals surface area (Å²) in [6, 6.07) is 0.911. The molecular weight excluding hydrogens is 190 g/mol. The van der Waals surface area contributed by atoms with Gasteiger partial charge in [-0.25, -0.2) is 4.84 Å². The SMILES string of the molecule is CO[N+](=O)c1cc(O)c(O)c(C)c1O. The van der Waals surface area contributed by atoms with E-state index >= 15 is 0 Å². The first-order valence-corrected chi connectivity index (χ1v) is 3.75. The summed E-state index contributed by atoms with van der Waals surface area (Å²) >= 11 is 0. The Labute approximate surface area is 79.5 Å². The number of phenolic OH excluding ortho intramolecular Hbond substituents is 3. The maximum Gasteiger partial charge on any atom is 0.362 e. The lowest BCUT2D eigenvalue weighted by Gasteiger charge is -2.03. The Morgan fingerprint density at radius 1 is 1.29 bits per heavy atom. The van der Waals surface area contributed by atoms with E-state index < -0.39 is 17.2 Å². The predicted molar refractivity (Wildman–Crippen MR) is 46.5 cm³/mol. The summed E-state index contributed by atoms with van der Waals surface area (Å²) in [6.07, 6.45) is 0. The molecule has 0 aliphatic carbocycles. The third-order valence-corrected chi connectivity index (χ3v) is 1.83. The third-order valence-electron chi connectivity index (χ3n) is 1.83. The van der Waals surface area contributed by atoms with E-state index in [9.17, 15) is 15.1 Å². The highest BCUT2D eigenvalue weighted by atomic mass is 16.8. The van der Waals surface area contributed by atoms with Crippen LogP contribution in [0.15, 0.2) is 6.07 Å². The molecule has 0 aromatic heterocycles. The summed E-state index contributed by atoms with van der Waals surface area (Å²) in [5.74, 6) is -1.39. The lowest BCUT2D eigenvalue weighted by molar-refractivity contribution is -0.737. The summed E-state index contributed by atoms with van der Waals surface area (Å²) in [4.78, 5) is 15.3. The molecule has 14 heavy (non-hydrogen) atoms. The van der Waals surface area contributed by atoms with Crippen molar-refractivity contribution in [1.29, 1.82) is 0 Å². The first-order valence-electron chi connectivity index (χ1n) is 3.75. The van der Waals surface area contributed by atoms with E-state index in [0.717, 1.165) is 13.2 Å². The van der Waals surface area contributed by atoms with Crippen LogP contribution in [-0.2, 0) is 4.84 Å². The normalized spacial score (nSPS) is 9.86. The summed E-state index contributed by atoms with van der Waals surface area (Å²) in [5, 5.41) is 27.8. The van der Waals surface area contributed by atoms with Crippen molar-refractivity contribution in [2.75, 3.05) is 7.11 Å². The van der Waals surface area contributed by atoms with Crippen molar-refractivity contribution in [3.63, 3.8) is 0 Å². The minimum atomic E-state index is -0.492. The molecular formula is C8H10NO5+. The molecule has 0 bridgehead atoms. The molecule has 1 aromatic carbocycles. The van der Waals surface area contributed by atoms with Crippen LogP contribution in [0.1, 0.15) is 5.56 Å². The maximum absolute atomic E-state index is 11.0. The number of aromatic hydroxyl groups is 3. The largest absolute Gasteiger partial charge is 0.504 e. The minimum absolute atomic E-state index is 0.0119. The quantitative estimate of drug-likeness (QED) is 0.377. The minimum Gasteiger partial charge on any atom is -0.504 e. The summed E-state index contributed by atoms with van der Waals surface area (Å²) < 4.78 is 0. The standard InChI is InChI=1S/C8H9NO5/c1-4-7(11)5(9(13)14-2)3-6(10)8(4)12/h3H,1-2H3,(H2-,10,11,12,13)/p+1. The van der Waals surface area contributed by atoms with Crippen LogP contribution in [0, 0.1) is 11.8 Å². The molecule has 0 unspecified atom stereocenters. The zero-order valence-corrected chi connectivity index (χ0v) is 7.68. The van der Waals surface area contributed by atoms with Crippen molar-refractivity contribution in [1.82, 2.24) is 0 Å². The topological polar surface area (TPSA) is 90.0 Å². The molecule has 0 aliphatic heterocycles. The number of hydrogen-bond acceptors (Lipinski definition) is 5. The molecule has 3 N–H and O–H groups in total. The van der Waals surface area contributed by atoms with Crippen molar-refractivity contribution in [2.45, 2.75) is 6.92 Å². The molecule has 0 radical (unpaired) electrons. The lowest BCUT2D eigenvalue weighted by atomic mass is 10.1. The number of phenols is 3. The molecule has 0 spiro atoms. The molecule has 0 saturated carbocycles. The van der Waals surface area contributed by atoms with Gasteiger partial charge in [-0.15, -0.1) is 0 Å². The Morgan fingerprint density at radius 2 is 1.86 bits per heavy atom. The van der Waals surface area contributed by atoms with Gasteiger partial charge in [0.15, 0.2) is 18.6 Å². The predicted octanol–water partition coefficient (Wildman–Crippen LogP) is 1.08. The Hall–Kier alpha value is -1.98. The van der Waals surface area contributed by atoms with Gasteiger partial charge in [-0.3, -0.25) is 0 Å². The Morgan fingerprint density at radius 3 is 2.36 bits per heavy atom. The van der Waals surface area contributed by atoms with Crippen LogP contribution in [0.3, 0.4) is 0 Å². The molecule has 76 valence electrons. The van der Waals surface area contributed by atoms with Crippen LogP contribution in [0.2, 0.25) is 0 Å². The average Bonchev–Trinajstić information content (AvgIpc) is 2.19. The molecule has 0 saturated heterocycles. The van der Waals surface area contributed by atoms with E-state index in [-0.39, 0.29) is 16.2 Å². The molecule has 0 amide bonds. The van der Waals surface area contributed by atoms with Crippen LogP contribution in [0.5, 0.6) is 17.2 Å². The third kappa shape index (κ3) is 1.41. The van der Waals surface area contributed by atoms with Gasteiger partial charge in [-0.1, -0.05) is 0 Å². The van der Waals surface area contributed by atoms with Crippen LogP contribution in [0.25, 0.3) is 0 Å². The second-order valence-electron chi connectivity index (χ2n) is 2.68. The van der Waals surface area contributed by atoms with Crippen molar-refractivity contribution in [3.8, 4) is 17.2 Å². The highest BCUT2D eigenvalue weighted by Crippen LogP contribution is 2.41. The van der Waals surface area contributed by atoms with Gasteiger partial charge in [-0.2, -0.15) is 0 Å². The molecule has 1 rings (SSSR count). The van der Waals surface area contributed by atoms with Gasteiger partial charge in [0.05, 0.1) is 11.0 Å². The molecule has 1 aromatic rings. The van der Waals surface area contributed by atoms with Crippen molar-refractivity contribution in [2.24, 2.45) is 0 Å². The van der Waals surface area contributed by atoms with E-state index in [1.165, 1.54) is 6.92 Å². The fourth-order valence-corrected chi connectivity index (χ4v) is 1.00. The summed E-state index contributed by atoms with van der Waals surface area (Å²) in [7, 11) is 1.12. The second kappa shape index (κ2) is 3.41. The van der Waals surface area contributed by atoms with Crippen molar-refractivity contribution >= 4 is 5.69 Å². The van der Waals surface area contributed by atoms with E-state index in [1.54, 1.807) is 0 Å². The fourth-order valence-electron chi connectivity index (χ4n) is 1.00. The Balaban J connectivity index is 3.40. The summed E-state index contributed by atoms with van der Waals surface area (Å²) in [6.45, 7) is 1.36. The smallest absolute Gasteiger partial charge is 0.362 e. The number of nitrogens with zero attached hydrogens (tertiary/aromatic N) is 1. The monoisotopic (exact) mass is 200 g/mol. The second-order valence-corrected chi connectivity index (χ2v) is 2.68. The molecule has 0 fully saturated rings. The van der Waals surface area contributed by atoms with Gasteiger partial charge in [0.2, 0.25) is 5.75 Å². The Kier molecular flexibility index (Phi) is 2.46. The van der Waals surface area contributed by atoms with Gasteiger partial charge >= 0.3 is 5.69 Å². The van der Waals surface area contributed by atoms with Gasteiger partial charge < -0.3 is 15.3 Å².